The molecule has 0 aromatic heterocycles. The first kappa shape index (κ1) is 13.9. The Hall–Kier alpha value is -0.570. The van der Waals surface area contributed by atoms with Crippen LogP contribution in [-0.4, -0.2) is 34.6 Å². The monoisotopic (exact) mass is 253 g/mol. The second-order valence-corrected chi connectivity index (χ2v) is 6.11. The molecule has 104 valence electrons. The molecule has 0 radical (unpaired) electrons. The van der Waals surface area contributed by atoms with Crippen LogP contribution in [0.1, 0.15) is 64.7 Å². The highest BCUT2D eigenvalue weighted by Crippen LogP contribution is 2.35. The molecule has 18 heavy (non-hydrogen) atoms. The Labute approximate surface area is 111 Å². The lowest BCUT2D eigenvalue weighted by Gasteiger charge is -2.29. The number of carbonyl (C=O) groups is 1. The molecule has 0 saturated heterocycles. The number of nitrogens with zero attached hydrogens (tertiary/aromatic N) is 1. The number of carboxylic acids is 1. The van der Waals surface area contributed by atoms with Gasteiger partial charge < -0.3 is 5.11 Å². The van der Waals surface area contributed by atoms with E-state index in [1.807, 2.05) is 0 Å². The average Bonchev–Trinajstić information content (AvgIpc) is 3.14. The molecular weight excluding hydrogens is 226 g/mol. The van der Waals surface area contributed by atoms with Gasteiger partial charge in [-0.1, -0.05) is 32.6 Å². The predicted molar refractivity (Wildman–Crippen MR) is 72.6 cm³/mol. The standard InChI is InChI=1S/C15H27NO2/c1-2-4-12-5-3-6-13(8-7-12)16(11-15(17)18)14-9-10-14/h12-14H,2-11H2,1H3,(H,17,18). The second kappa shape index (κ2) is 6.55. The Morgan fingerprint density at radius 1 is 1.11 bits per heavy atom. The van der Waals surface area contributed by atoms with Crippen molar-refractivity contribution < 1.29 is 9.90 Å². The van der Waals surface area contributed by atoms with Crippen molar-refractivity contribution in [1.29, 1.82) is 0 Å². The van der Waals surface area contributed by atoms with Gasteiger partial charge in [-0.25, -0.2) is 0 Å². The zero-order valence-electron chi connectivity index (χ0n) is 11.6. The number of hydrogen-bond acceptors (Lipinski definition) is 2. The lowest BCUT2D eigenvalue weighted by atomic mass is 9.95. The summed E-state index contributed by atoms with van der Waals surface area (Å²) >= 11 is 0. The van der Waals surface area contributed by atoms with Gasteiger partial charge in [0.2, 0.25) is 0 Å². The fraction of sp³-hybridized carbons (Fsp3) is 0.933. The molecule has 2 aliphatic rings. The smallest absolute Gasteiger partial charge is 0.317 e. The summed E-state index contributed by atoms with van der Waals surface area (Å²) in [5.74, 6) is 0.238. The van der Waals surface area contributed by atoms with E-state index in [0.717, 1.165) is 5.92 Å². The van der Waals surface area contributed by atoms with Gasteiger partial charge in [-0.3, -0.25) is 9.69 Å². The van der Waals surface area contributed by atoms with Crippen LogP contribution < -0.4 is 0 Å². The molecule has 3 heteroatoms. The molecule has 2 rings (SSSR count). The van der Waals surface area contributed by atoms with E-state index in [2.05, 4.69) is 11.8 Å². The van der Waals surface area contributed by atoms with E-state index in [0.29, 0.717) is 12.1 Å². The lowest BCUT2D eigenvalue weighted by Crippen LogP contribution is -2.40. The van der Waals surface area contributed by atoms with Crippen LogP contribution in [-0.2, 0) is 4.79 Å². The quantitative estimate of drug-likeness (QED) is 0.738. The summed E-state index contributed by atoms with van der Waals surface area (Å²) in [6.07, 6.45) is 11.4. The minimum absolute atomic E-state index is 0.258. The van der Waals surface area contributed by atoms with Crippen molar-refractivity contribution in [3.63, 3.8) is 0 Å². The molecule has 0 amide bonds. The molecule has 0 spiro atoms. The van der Waals surface area contributed by atoms with Gasteiger partial charge in [0.15, 0.2) is 0 Å². The number of carboxylic acid groups (broad SMARTS) is 1. The van der Waals surface area contributed by atoms with Crippen molar-refractivity contribution in [2.75, 3.05) is 6.54 Å². The third kappa shape index (κ3) is 3.98. The first-order valence-corrected chi connectivity index (χ1v) is 7.68. The Bertz CT molecular complexity index is 276. The lowest BCUT2D eigenvalue weighted by molar-refractivity contribution is -0.139. The van der Waals surface area contributed by atoms with Crippen LogP contribution in [0.2, 0.25) is 0 Å². The summed E-state index contributed by atoms with van der Waals surface area (Å²) in [6, 6.07) is 1.12. The van der Waals surface area contributed by atoms with Crippen molar-refractivity contribution in [2.24, 2.45) is 5.92 Å². The molecule has 2 unspecified atom stereocenters. The maximum atomic E-state index is 11.0. The highest BCUT2D eigenvalue weighted by atomic mass is 16.4. The summed E-state index contributed by atoms with van der Waals surface area (Å²) in [7, 11) is 0. The molecule has 0 aliphatic heterocycles. The minimum atomic E-state index is -0.656. The van der Waals surface area contributed by atoms with Gasteiger partial charge >= 0.3 is 5.97 Å². The van der Waals surface area contributed by atoms with Crippen LogP contribution in [0.3, 0.4) is 0 Å². The minimum Gasteiger partial charge on any atom is -0.480 e. The highest BCUT2D eigenvalue weighted by molar-refractivity contribution is 5.69. The molecule has 2 aliphatic carbocycles. The molecule has 2 atom stereocenters. The van der Waals surface area contributed by atoms with Gasteiger partial charge in [0.1, 0.15) is 0 Å². The first-order chi connectivity index (χ1) is 8.70. The summed E-state index contributed by atoms with van der Waals surface area (Å²) in [6.45, 7) is 2.52. The van der Waals surface area contributed by atoms with E-state index in [-0.39, 0.29) is 6.54 Å². The maximum absolute atomic E-state index is 11.0. The highest BCUT2D eigenvalue weighted by Gasteiger charge is 2.35. The van der Waals surface area contributed by atoms with Crippen molar-refractivity contribution in [2.45, 2.75) is 76.8 Å². The number of aliphatic carboxylic acids is 1. The molecule has 0 aromatic rings. The molecule has 2 fully saturated rings. The first-order valence-electron chi connectivity index (χ1n) is 7.68. The molecule has 3 nitrogen and oxygen atoms in total. The van der Waals surface area contributed by atoms with Gasteiger partial charge in [0.25, 0.3) is 0 Å². The number of rotatable bonds is 6. The summed E-state index contributed by atoms with van der Waals surface area (Å²) in [4.78, 5) is 13.3. The fourth-order valence-electron chi connectivity index (χ4n) is 3.51. The van der Waals surface area contributed by atoms with Crippen molar-refractivity contribution in [3.05, 3.63) is 0 Å². The van der Waals surface area contributed by atoms with Gasteiger partial charge in [0.05, 0.1) is 6.54 Å². The van der Waals surface area contributed by atoms with Crippen molar-refractivity contribution in [1.82, 2.24) is 4.90 Å². The predicted octanol–water partition coefficient (Wildman–Crippen LogP) is 3.28. The van der Waals surface area contributed by atoms with Crippen LogP contribution in [0, 0.1) is 5.92 Å². The topological polar surface area (TPSA) is 40.5 Å². The summed E-state index contributed by atoms with van der Waals surface area (Å²) < 4.78 is 0. The van der Waals surface area contributed by atoms with E-state index in [9.17, 15) is 4.79 Å². The fourth-order valence-corrected chi connectivity index (χ4v) is 3.51. The second-order valence-electron chi connectivity index (χ2n) is 6.11. The van der Waals surface area contributed by atoms with Gasteiger partial charge in [-0.05, 0) is 38.0 Å². The van der Waals surface area contributed by atoms with Crippen LogP contribution in [0.15, 0.2) is 0 Å². The van der Waals surface area contributed by atoms with Crippen LogP contribution >= 0.6 is 0 Å². The summed E-state index contributed by atoms with van der Waals surface area (Å²) in [5, 5.41) is 9.06. The van der Waals surface area contributed by atoms with E-state index in [1.165, 1.54) is 57.8 Å². The zero-order valence-corrected chi connectivity index (χ0v) is 11.6. The third-order valence-corrected chi connectivity index (χ3v) is 4.56. The van der Waals surface area contributed by atoms with Crippen LogP contribution in [0.5, 0.6) is 0 Å². The zero-order chi connectivity index (χ0) is 13.0. The van der Waals surface area contributed by atoms with Gasteiger partial charge in [-0.15, -0.1) is 0 Å². The summed E-state index contributed by atoms with van der Waals surface area (Å²) in [5.41, 5.74) is 0. The van der Waals surface area contributed by atoms with Crippen LogP contribution in [0.4, 0.5) is 0 Å². The molecule has 0 heterocycles. The van der Waals surface area contributed by atoms with Gasteiger partial charge in [0, 0.05) is 12.1 Å². The molecule has 0 aromatic carbocycles. The van der Waals surface area contributed by atoms with Crippen molar-refractivity contribution in [3.8, 4) is 0 Å². The molecule has 1 N–H and O–H groups in total. The largest absolute Gasteiger partial charge is 0.480 e. The number of hydrogen-bond donors (Lipinski definition) is 1. The third-order valence-electron chi connectivity index (χ3n) is 4.56. The van der Waals surface area contributed by atoms with E-state index in [1.54, 1.807) is 0 Å². The van der Waals surface area contributed by atoms with E-state index < -0.39 is 5.97 Å². The maximum Gasteiger partial charge on any atom is 0.317 e. The Kier molecular flexibility index (Phi) is 5.04. The van der Waals surface area contributed by atoms with E-state index in [4.69, 9.17) is 5.11 Å². The Morgan fingerprint density at radius 3 is 2.39 bits per heavy atom. The normalized spacial score (nSPS) is 29.2. The Morgan fingerprint density at radius 2 is 1.78 bits per heavy atom. The van der Waals surface area contributed by atoms with E-state index >= 15 is 0 Å². The Balaban J connectivity index is 1.88. The van der Waals surface area contributed by atoms with Crippen LogP contribution in [0.25, 0.3) is 0 Å². The molecule has 0 bridgehead atoms. The molecular formula is C15H27NO2. The SMILES string of the molecule is CCCC1CCCC(N(CC(=O)O)C2CC2)CC1. The van der Waals surface area contributed by atoms with Crippen molar-refractivity contribution >= 4 is 5.97 Å². The molecule has 2 saturated carbocycles. The average molecular weight is 253 g/mol. The van der Waals surface area contributed by atoms with Gasteiger partial charge in [-0.2, -0.15) is 0 Å².